The fourth-order valence-corrected chi connectivity index (χ4v) is 2.97. The number of nitrogen functional groups attached to an aromatic ring is 1. The predicted octanol–water partition coefficient (Wildman–Crippen LogP) is 1.58. The standard InChI is InChI=1S/C15H20N2O2/c16-14-2-1-11-3-6-17(10-13(11)9-14)15(18)12-4-7-19-8-5-12/h1-2,9,12H,3-8,10,16H2. The van der Waals surface area contributed by atoms with Gasteiger partial charge in [-0.2, -0.15) is 0 Å². The lowest BCUT2D eigenvalue weighted by Gasteiger charge is -2.33. The predicted molar refractivity (Wildman–Crippen MR) is 73.5 cm³/mol. The second-order valence-electron chi connectivity index (χ2n) is 5.42. The van der Waals surface area contributed by atoms with Crippen molar-refractivity contribution in [2.75, 3.05) is 25.5 Å². The second-order valence-corrected chi connectivity index (χ2v) is 5.42. The molecule has 19 heavy (non-hydrogen) atoms. The highest BCUT2D eigenvalue weighted by Gasteiger charge is 2.28. The molecular weight excluding hydrogens is 240 g/mol. The maximum absolute atomic E-state index is 12.5. The Kier molecular flexibility index (Phi) is 3.42. The lowest BCUT2D eigenvalue weighted by Crippen LogP contribution is -2.41. The van der Waals surface area contributed by atoms with Gasteiger partial charge in [-0.15, -0.1) is 0 Å². The topological polar surface area (TPSA) is 55.6 Å². The number of benzene rings is 1. The normalized spacial score (nSPS) is 20.1. The SMILES string of the molecule is Nc1ccc2c(c1)CN(C(=O)C1CCOCC1)CC2. The minimum atomic E-state index is 0.149. The molecule has 4 heteroatoms. The van der Waals surface area contributed by atoms with Crippen LogP contribution in [0.5, 0.6) is 0 Å². The second kappa shape index (κ2) is 5.21. The summed E-state index contributed by atoms with van der Waals surface area (Å²) in [5.74, 6) is 0.438. The number of amides is 1. The average molecular weight is 260 g/mol. The number of rotatable bonds is 1. The molecule has 1 amide bonds. The molecule has 0 saturated carbocycles. The number of hydrogen-bond acceptors (Lipinski definition) is 3. The van der Waals surface area contributed by atoms with Crippen molar-refractivity contribution >= 4 is 11.6 Å². The molecule has 3 rings (SSSR count). The van der Waals surface area contributed by atoms with E-state index in [1.165, 1.54) is 11.1 Å². The summed E-state index contributed by atoms with van der Waals surface area (Å²) in [5.41, 5.74) is 9.13. The van der Waals surface area contributed by atoms with Crippen molar-refractivity contribution in [2.24, 2.45) is 5.92 Å². The summed E-state index contributed by atoms with van der Waals surface area (Å²) in [4.78, 5) is 14.5. The van der Waals surface area contributed by atoms with E-state index in [9.17, 15) is 4.79 Å². The molecule has 2 aliphatic heterocycles. The molecule has 0 aliphatic carbocycles. The monoisotopic (exact) mass is 260 g/mol. The van der Waals surface area contributed by atoms with Gasteiger partial charge in [0.15, 0.2) is 0 Å². The van der Waals surface area contributed by atoms with Crippen LogP contribution in [0.2, 0.25) is 0 Å². The summed E-state index contributed by atoms with van der Waals surface area (Å²) in [6.45, 7) is 2.96. The van der Waals surface area contributed by atoms with Crippen LogP contribution in [0.25, 0.3) is 0 Å². The summed E-state index contributed by atoms with van der Waals surface area (Å²) < 4.78 is 5.32. The van der Waals surface area contributed by atoms with E-state index >= 15 is 0 Å². The molecular formula is C15H20N2O2. The molecule has 0 bridgehead atoms. The maximum atomic E-state index is 12.5. The van der Waals surface area contributed by atoms with Crippen LogP contribution < -0.4 is 5.73 Å². The number of hydrogen-bond donors (Lipinski definition) is 1. The molecule has 1 aromatic rings. The van der Waals surface area contributed by atoms with Crippen LogP contribution in [0.1, 0.15) is 24.0 Å². The van der Waals surface area contributed by atoms with Crippen molar-refractivity contribution in [3.8, 4) is 0 Å². The van der Waals surface area contributed by atoms with Crippen molar-refractivity contribution in [1.82, 2.24) is 4.90 Å². The number of nitrogens with two attached hydrogens (primary N) is 1. The smallest absolute Gasteiger partial charge is 0.226 e. The van der Waals surface area contributed by atoms with Crippen molar-refractivity contribution in [2.45, 2.75) is 25.8 Å². The summed E-state index contributed by atoms with van der Waals surface area (Å²) >= 11 is 0. The molecule has 1 saturated heterocycles. The van der Waals surface area contributed by atoms with Crippen molar-refractivity contribution in [3.05, 3.63) is 29.3 Å². The van der Waals surface area contributed by atoms with E-state index in [4.69, 9.17) is 10.5 Å². The lowest BCUT2D eigenvalue weighted by atomic mass is 9.95. The van der Waals surface area contributed by atoms with Crippen molar-refractivity contribution in [3.63, 3.8) is 0 Å². The van der Waals surface area contributed by atoms with Gasteiger partial charge in [0.1, 0.15) is 0 Å². The van der Waals surface area contributed by atoms with Gasteiger partial charge in [-0.25, -0.2) is 0 Å². The van der Waals surface area contributed by atoms with Crippen LogP contribution in [-0.2, 0) is 22.5 Å². The molecule has 102 valence electrons. The van der Waals surface area contributed by atoms with E-state index in [-0.39, 0.29) is 11.8 Å². The van der Waals surface area contributed by atoms with E-state index < -0.39 is 0 Å². The van der Waals surface area contributed by atoms with Gasteiger partial charge in [0.05, 0.1) is 0 Å². The number of fused-ring (bicyclic) bond motifs is 1. The third kappa shape index (κ3) is 2.59. The first-order valence-electron chi connectivity index (χ1n) is 6.98. The fourth-order valence-electron chi connectivity index (χ4n) is 2.97. The zero-order chi connectivity index (χ0) is 13.2. The molecule has 1 aromatic carbocycles. The molecule has 0 unspecified atom stereocenters. The van der Waals surface area contributed by atoms with Crippen LogP contribution in [0.15, 0.2) is 18.2 Å². The minimum absolute atomic E-state index is 0.149. The molecule has 0 spiro atoms. The van der Waals surface area contributed by atoms with Gasteiger partial charge < -0.3 is 15.4 Å². The highest BCUT2D eigenvalue weighted by molar-refractivity contribution is 5.79. The molecule has 0 radical (unpaired) electrons. The number of carbonyl (C=O) groups excluding carboxylic acids is 1. The highest BCUT2D eigenvalue weighted by Crippen LogP contribution is 2.25. The van der Waals surface area contributed by atoms with E-state index in [0.29, 0.717) is 19.8 Å². The Morgan fingerprint density at radius 1 is 1.26 bits per heavy atom. The summed E-state index contributed by atoms with van der Waals surface area (Å²) in [5, 5.41) is 0. The van der Waals surface area contributed by atoms with Crippen LogP contribution in [0.3, 0.4) is 0 Å². The molecule has 0 atom stereocenters. The highest BCUT2D eigenvalue weighted by atomic mass is 16.5. The van der Waals surface area contributed by atoms with Gasteiger partial charge in [0, 0.05) is 37.9 Å². The first-order chi connectivity index (χ1) is 9.24. The van der Waals surface area contributed by atoms with E-state index in [1.54, 1.807) is 0 Å². The van der Waals surface area contributed by atoms with E-state index in [1.807, 2.05) is 17.0 Å². The minimum Gasteiger partial charge on any atom is -0.399 e. The molecule has 2 aliphatic rings. The zero-order valence-electron chi connectivity index (χ0n) is 11.1. The molecule has 2 heterocycles. The van der Waals surface area contributed by atoms with Crippen LogP contribution in [0, 0.1) is 5.92 Å². The Morgan fingerprint density at radius 2 is 2.05 bits per heavy atom. The third-order valence-corrected chi connectivity index (χ3v) is 4.12. The van der Waals surface area contributed by atoms with Crippen LogP contribution in [-0.4, -0.2) is 30.6 Å². The number of ether oxygens (including phenoxy) is 1. The summed E-state index contributed by atoms with van der Waals surface area (Å²) in [6, 6.07) is 6.02. The number of anilines is 1. The van der Waals surface area contributed by atoms with Gasteiger partial charge in [0.2, 0.25) is 5.91 Å². The number of carbonyl (C=O) groups is 1. The largest absolute Gasteiger partial charge is 0.399 e. The Hall–Kier alpha value is -1.55. The van der Waals surface area contributed by atoms with Gasteiger partial charge in [0.25, 0.3) is 0 Å². The Labute approximate surface area is 113 Å². The Morgan fingerprint density at radius 3 is 2.84 bits per heavy atom. The van der Waals surface area contributed by atoms with Crippen LogP contribution in [0.4, 0.5) is 5.69 Å². The van der Waals surface area contributed by atoms with Gasteiger partial charge >= 0.3 is 0 Å². The van der Waals surface area contributed by atoms with Crippen molar-refractivity contribution < 1.29 is 9.53 Å². The average Bonchev–Trinajstić information content (AvgIpc) is 2.46. The van der Waals surface area contributed by atoms with Gasteiger partial charge in [-0.3, -0.25) is 4.79 Å². The number of nitrogens with zero attached hydrogens (tertiary/aromatic N) is 1. The first-order valence-corrected chi connectivity index (χ1v) is 6.98. The zero-order valence-corrected chi connectivity index (χ0v) is 11.1. The molecule has 0 aromatic heterocycles. The Balaban J connectivity index is 1.72. The summed E-state index contributed by atoms with van der Waals surface area (Å²) in [7, 11) is 0. The third-order valence-electron chi connectivity index (χ3n) is 4.12. The fraction of sp³-hybridized carbons (Fsp3) is 0.533. The molecule has 1 fully saturated rings. The van der Waals surface area contributed by atoms with Gasteiger partial charge in [-0.05, 0) is 42.5 Å². The lowest BCUT2D eigenvalue weighted by molar-refractivity contribution is -0.139. The van der Waals surface area contributed by atoms with Gasteiger partial charge in [-0.1, -0.05) is 6.07 Å². The Bertz CT molecular complexity index is 481. The van der Waals surface area contributed by atoms with E-state index in [0.717, 1.165) is 31.5 Å². The quantitative estimate of drug-likeness (QED) is 0.780. The maximum Gasteiger partial charge on any atom is 0.226 e. The molecule has 2 N–H and O–H groups in total. The first kappa shape index (κ1) is 12.5. The van der Waals surface area contributed by atoms with E-state index in [2.05, 4.69) is 6.07 Å². The van der Waals surface area contributed by atoms with Crippen molar-refractivity contribution in [1.29, 1.82) is 0 Å². The summed E-state index contributed by atoms with van der Waals surface area (Å²) in [6.07, 6.45) is 2.66. The molecule has 4 nitrogen and oxygen atoms in total. The van der Waals surface area contributed by atoms with Crippen LogP contribution >= 0.6 is 0 Å².